The number of ether oxygens (including phenoxy) is 3. The van der Waals surface area contributed by atoms with E-state index in [1.807, 2.05) is 72.8 Å². The summed E-state index contributed by atoms with van der Waals surface area (Å²) in [6.45, 7) is 0. The molecule has 216 valence electrons. The van der Waals surface area contributed by atoms with Crippen LogP contribution in [0.1, 0.15) is 27.0 Å². The first-order chi connectivity index (χ1) is 21.4. The fourth-order valence-electron chi connectivity index (χ4n) is 5.85. The molecule has 7 rings (SSSR count). The van der Waals surface area contributed by atoms with E-state index in [9.17, 15) is 14.7 Å². The summed E-state index contributed by atoms with van der Waals surface area (Å²) in [6.07, 6.45) is 0. The van der Waals surface area contributed by atoms with Crippen LogP contribution in [-0.2, 0) is 15.1 Å². The first-order valence-corrected chi connectivity index (χ1v) is 14.2. The monoisotopic (exact) mass is 600 g/mol. The number of carbonyl (C=O) groups is 2. The zero-order valence-electron chi connectivity index (χ0n) is 23.0. The van der Waals surface area contributed by atoms with Crippen molar-refractivity contribution in [2.75, 3.05) is 4.90 Å². The van der Waals surface area contributed by atoms with Gasteiger partial charge in [-0.2, -0.15) is 0 Å². The van der Waals surface area contributed by atoms with Crippen LogP contribution in [-0.4, -0.2) is 28.1 Å². The van der Waals surface area contributed by atoms with Crippen LogP contribution in [0, 0.1) is 0 Å². The molecule has 0 aromatic heterocycles. The van der Waals surface area contributed by atoms with Crippen LogP contribution in [0.2, 0.25) is 0 Å². The van der Waals surface area contributed by atoms with Gasteiger partial charge in [0.2, 0.25) is 0 Å². The number of fused-ring (bicyclic) bond motifs is 6. The Morgan fingerprint density at radius 1 is 0.795 bits per heavy atom. The molecule has 0 fully saturated rings. The Kier molecular flexibility index (Phi) is 6.52. The maximum absolute atomic E-state index is 13.8. The minimum Gasteiger partial charge on any atom is -0.508 e. The molecule has 0 bridgehead atoms. The van der Waals surface area contributed by atoms with Crippen LogP contribution in [0.25, 0.3) is 0 Å². The molecule has 0 saturated carbocycles. The van der Waals surface area contributed by atoms with Crippen molar-refractivity contribution >= 4 is 40.5 Å². The average Bonchev–Trinajstić information content (AvgIpc) is 3.32. The molecule has 0 radical (unpaired) electrons. The molecule has 5 aromatic carbocycles. The van der Waals surface area contributed by atoms with Gasteiger partial charge in [0.1, 0.15) is 28.0 Å². The number of thiocarbonyl (C=S) groups is 1. The molecule has 5 aromatic rings. The van der Waals surface area contributed by atoms with Crippen molar-refractivity contribution in [3.05, 3.63) is 144 Å². The van der Waals surface area contributed by atoms with Crippen LogP contribution in [0.4, 0.5) is 11.4 Å². The number of hydrogen-bond acceptors (Lipinski definition) is 8. The Labute approximate surface area is 257 Å². The molecule has 3 N–H and O–H groups in total. The molecular formula is C35H24N2O6S. The number of esters is 2. The molecule has 9 heteroatoms. The quantitative estimate of drug-likeness (QED) is 0.131. The van der Waals surface area contributed by atoms with E-state index >= 15 is 0 Å². The smallest absolute Gasteiger partial charge is 0.341 e. The molecule has 2 atom stereocenters. The third kappa shape index (κ3) is 4.33. The molecule has 2 heterocycles. The lowest BCUT2D eigenvalue weighted by atomic mass is 9.77. The molecule has 0 amide bonds. The molecule has 1 unspecified atom stereocenters. The first-order valence-electron chi connectivity index (χ1n) is 13.8. The van der Waals surface area contributed by atoms with Gasteiger partial charge in [-0.05, 0) is 54.6 Å². The Hall–Kier alpha value is -5.67. The standard InChI is InChI=1S/C35H24N2O6S/c36-32(44)31(37(21-9-3-1-4-10-21)22-11-5-2-6-12-22)34(40)41-24-16-18-28-30(20-24)42-29-19-23(38)15-17-27(29)35(28)26-14-8-7-13-25(26)33(39)43-35/h1-20,31,38H,(H2,36,44)/t31-,35?/m0/s1. The van der Waals surface area contributed by atoms with Crippen molar-refractivity contribution in [1.29, 1.82) is 0 Å². The summed E-state index contributed by atoms with van der Waals surface area (Å²) < 4.78 is 18.2. The zero-order chi connectivity index (χ0) is 30.4. The molecule has 8 nitrogen and oxygen atoms in total. The SMILES string of the molecule is NC(=S)[C@@H](C(=O)Oc1ccc2c(c1)Oc1cc(O)ccc1C21OC(=O)c2ccccc21)N(c1ccccc1)c1ccccc1. The highest BCUT2D eigenvalue weighted by Crippen LogP contribution is 2.57. The van der Waals surface area contributed by atoms with E-state index in [2.05, 4.69) is 0 Å². The topological polar surface area (TPSA) is 111 Å². The summed E-state index contributed by atoms with van der Waals surface area (Å²) in [7, 11) is 0. The highest BCUT2D eigenvalue weighted by Gasteiger charge is 2.53. The average molecular weight is 601 g/mol. The van der Waals surface area contributed by atoms with Crippen LogP contribution in [0.5, 0.6) is 23.0 Å². The van der Waals surface area contributed by atoms with Gasteiger partial charge in [-0.25, -0.2) is 9.59 Å². The number of anilines is 2. The van der Waals surface area contributed by atoms with Gasteiger partial charge < -0.3 is 30.0 Å². The number of benzene rings is 5. The number of nitrogens with two attached hydrogens (primary N) is 1. The zero-order valence-corrected chi connectivity index (χ0v) is 23.9. The summed E-state index contributed by atoms with van der Waals surface area (Å²) in [6, 6.07) is 34.1. The minimum absolute atomic E-state index is 0.0243. The maximum atomic E-state index is 13.8. The minimum atomic E-state index is -1.33. The number of hydrogen-bond donors (Lipinski definition) is 2. The van der Waals surface area contributed by atoms with Gasteiger partial charge in [-0.1, -0.05) is 66.8 Å². The maximum Gasteiger partial charge on any atom is 0.341 e. The second-order valence-corrected chi connectivity index (χ2v) is 10.8. The number of aromatic hydroxyl groups is 1. The van der Waals surface area contributed by atoms with E-state index in [1.165, 1.54) is 12.1 Å². The third-order valence-corrected chi connectivity index (χ3v) is 7.93. The Bertz CT molecular complexity index is 1910. The lowest BCUT2D eigenvalue weighted by Gasteiger charge is -2.36. The van der Waals surface area contributed by atoms with Gasteiger partial charge in [-0.3, -0.25) is 0 Å². The van der Waals surface area contributed by atoms with Crippen LogP contribution >= 0.6 is 12.2 Å². The van der Waals surface area contributed by atoms with E-state index in [4.69, 9.17) is 32.2 Å². The lowest BCUT2D eigenvalue weighted by Crippen LogP contribution is -2.49. The highest BCUT2D eigenvalue weighted by atomic mass is 32.1. The van der Waals surface area contributed by atoms with Gasteiger partial charge in [-0.15, -0.1) is 0 Å². The molecule has 2 aliphatic heterocycles. The van der Waals surface area contributed by atoms with E-state index in [0.717, 1.165) is 0 Å². The predicted octanol–water partition coefficient (Wildman–Crippen LogP) is 6.36. The lowest BCUT2D eigenvalue weighted by molar-refractivity contribution is -0.134. The summed E-state index contributed by atoms with van der Waals surface area (Å²) in [5.74, 6) is -0.467. The van der Waals surface area contributed by atoms with Gasteiger partial charge in [0.05, 0.1) is 5.56 Å². The third-order valence-electron chi connectivity index (χ3n) is 7.71. The molecule has 0 aliphatic carbocycles. The fraction of sp³-hybridized carbons (Fsp3) is 0.0571. The highest BCUT2D eigenvalue weighted by molar-refractivity contribution is 7.80. The molecule has 0 saturated heterocycles. The Morgan fingerprint density at radius 3 is 2.05 bits per heavy atom. The fourth-order valence-corrected chi connectivity index (χ4v) is 6.06. The molecule has 44 heavy (non-hydrogen) atoms. The summed E-state index contributed by atoms with van der Waals surface area (Å²) in [5, 5.41) is 10.3. The molecule has 1 spiro atoms. The number of phenolic OH excluding ortho intramolecular Hbond substituents is 1. The summed E-state index contributed by atoms with van der Waals surface area (Å²) in [4.78, 5) is 28.5. The van der Waals surface area contributed by atoms with Crippen LogP contribution in [0.15, 0.2) is 121 Å². The number of nitrogens with zero attached hydrogens (tertiary/aromatic N) is 1. The number of para-hydroxylation sites is 2. The van der Waals surface area contributed by atoms with Crippen molar-refractivity contribution in [3.63, 3.8) is 0 Å². The number of rotatable bonds is 6. The van der Waals surface area contributed by atoms with Crippen LogP contribution < -0.4 is 20.1 Å². The summed E-state index contributed by atoms with van der Waals surface area (Å²) in [5.41, 5.74) is 8.40. The second-order valence-electron chi connectivity index (χ2n) is 10.3. The van der Waals surface area contributed by atoms with Gasteiger partial charge in [0.25, 0.3) is 0 Å². The second kappa shape index (κ2) is 10.6. The van der Waals surface area contributed by atoms with Crippen molar-refractivity contribution in [3.8, 4) is 23.0 Å². The van der Waals surface area contributed by atoms with Gasteiger partial charge >= 0.3 is 11.9 Å². The predicted molar refractivity (Wildman–Crippen MR) is 168 cm³/mol. The normalized spacial score (nSPS) is 16.5. The van der Waals surface area contributed by atoms with Crippen LogP contribution in [0.3, 0.4) is 0 Å². The largest absolute Gasteiger partial charge is 0.508 e. The number of phenols is 1. The number of carbonyl (C=O) groups excluding carboxylic acids is 2. The van der Waals surface area contributed by atoms with Crippen molar-refractivity contribution < 1.29 is 28.9 Å². The van der Waals surface area contributed by atoms with E-state index in [-0.39, 0.29) is 22.2 Å². The van der Waals surface area contributed by atoms with E-state index in [1.54, 1.807) is 41.3 Å². The molecule has 2 aliphatic rings. The van der Waals surface area contributed by atoms with E-state index in [0.29, 0.717) is 39.4 Å². The summed E-state index contributed by atoms with van der Waals surface area (Å²) >= 11 is 5.39. The van der Waals surface area contributed by atoms with E-state index < -0.39 is 23.6 Å². The Morgan fingerprint density at radius 2 is 1.39 bits per heavy atom. The first kappa shape index (κ1) is 27.2. The van der Waals surface area contributed by atoms with Crippen molar-refractivity contribution in [2.24, 2.45) is 5.73 Å². The van der Waals surface area contributed by atoms with Gasteiger partial charge in [0.15, 0.2) is 11.6 Å². The van der Waals surface area contributed by atoms with Gasteiger partial charge in [0, 0.05) is 40.2 Å². The van der Waals surface area contributed by atoms with Crippen molar-refractivity contribution in [1.82, 2.24) is 0 Å². The van der Waals surface area contributed by atoms with Crippen molar-refractivity contribution in [2.45, 2.75) is 11.6 Å². The molecular weight excluding hydrogens is 576 g/mol. The Balaban J connectivity index is 1.29.